The van der Waals surface area contributed by atoms with Gasteiger partial charge in [-0.15, -0.1) is 0 Å². The van der Waals surface area contributed by atoms with E-state index in [9.17, 15) is 8.42 Å². The SMILES string of the molecule is CNC(C)c1coc(C2CCCCS2(=O)=O)n1. The summed E-state index contributed by atoms with van der Waals surface area (Å²) in [6.07, 6.45) is 3.83. The molecule has 2 rings (SSSR count). The number of nitrogens with zero attached hydrogens (tertiary/aromatic N) is 1. The molecule has 96 valence electrons. The summed E-state index contributed by atoms with van der Waals surface area (Å²) >= 11 is 0. The third-order valence-electron chi connectivity index (χ3n) is 3.27. The van der Waals surface area contributed by atoms with E-state index in [0.717, 1.165) is 18.5 Å². The standard InChI is InChI=1S/C11H18N2O3S/c1-8(12-2)9-7-16-11(13-9)10-5-3-4-6-17(10,14)15/h7-8,10,12H,3-6H2,1-2H3. The van der Waals surface area contributed by atoms with Crippen LogP contribution < -0.4 is 5.32 Å². The maximum absolute atomic E-state index is 11.9. The molecule has 1 aromatic heterocycles. The van der Waals surface area contributed by atoms with Crippen molar-refractivity contribution in [1.82, 2.24) is 10.3 Å². The van der Waals surface area contributed by atoms with E-state index in [0.29, 0.717) is 12.3 Å². The zero-order chi connectivity index (χ0) is 12.5. The Bertz CT molecular complexity index is 481. The van der Waals surface area contributed by atoms with Gasteiger partial charge in [-0.05, 0) is 26.8 Å². The molecule has 2 atom stereocenters. The van der Waals surface area contributed by atoms with Crippen LogP contribution in [-0.4, -0.2) is 26.2 Å². The highest BCUT2D eigenvalue weighted by molar-refractivity contribution is 7.91. The summed E-state index contributed by atoms with van der Waals surface area (Å²) in [4.78, 5) is 4.29. The Morgan fingerprint density at radius 2 is 2.29 bits per heavy atom. The van der Waals surface area contributed by atoms with Gasteiger partial charge in [0.05, 0.1) is 11.4 Å². The van der Waals surface area contributed by atoms with E-state index in [4.69, 9.17) is 4.42 Å². The van der Waals surface area contributed by atoms with Crippen molar-refractivity contribution in [2.75, 3.05) is 12.8 Å². The second-order valence-corrected chi connectivity index (χ2v) is 6.78. The minimum Gasteiger partial charge on any atom is -0.447 e. The van der Waals surface area contributed by atoms with E-state index in [-0.39, 0.29) is 11.8 Å². The number of nitrogens with one attached hydrogen (secondary N) is 1. The normalized spacial score (nSPS) is 25.6. The average Bonchev–Trinajstić information content (AvgIpc) is 2.76. The molecule has 17 heavy (non-hydrogen) atoms. The summed E-state index contributed by atoms with van der Waals surface area (Å²) in [7, 11) is -1.24. The third kappa shape index (κ3) is 2.52. The van der Waals surface area contributed by atoms with Gasteiger partial charge in [0, 0.05) is 6.04 Å². The summed E-state index contributed by atoms with van der Waals surface area (Å²) < 4.78 is 29.2. The quantitative estimate of drug-likeness (QED) is 0.891. The van der Waals surface area contributed by atoms with E-state index in [1.807, 2.05) is 14.0 Å². The largest absolute Gasteiger partial charge is 0.447 e. The Labute approximate surface area is 102 Å². The van der Waals surface area contributed by atoms with Crippen molar-refractivity contribution in [2.24, 2.45) is 0 Å². The first kappa shape index (κ1) is 12.6. The maximum atomic E-state index is 11.9. The van der Waals surface area contributed by atoms with E-state index in [1.165, 1.54) is 0 Å². The zero-order valence-corrected chi connectivity index (χ0v) is 11.0. The van der Waals surface area contributed by atoms with Gasteiger partial charge in [0.15, 0.2) is 9.84 Å². The van der Waals surface area contributed by atoms with Crippen molar-refractivity contribution in [3.8, 4) is 0 Å². The maximum Gasteiger partial charge on any atom is 0.212 e. The molecule has 1 saturated heterocycles. The molecular formula is C11H18N2O3S. The van der Waals surface area contributed by atoms with Gasteiger partial charge >= 0.3 is 0 Å². The van der Waals surface area contributed by atoms with Gasteiger partial charge < -0.3 is 9.73 Å². The lowest BCUT2D eigenvalue weighted by molar-refractivity contribution is 0.451. The number of rotatable bonds is 3. The predicted molar refractivity (Wildman–Crippen MR) is 64.4 cm³/mol. The van der Waals surface area contributed by atoms with Crippen LogP contribution >= 0.6 is 0 Å². The van der Waals surface area contributed by atoms with Crippen LogP contribution in [-0.2, 0) is 9.84 Å². The van der Waals surface area contributed by atoms with Crippen molar-refractivity contribution in [1.29, 1.82) is 0 Å². The summed E-state index contributed by atoms with van der Waals surface area (Å²) in [5.74, 6) is 0.596. The number of hydrogen-bond donors (Lipinski definition) is 1. The van der Waals surface area contributed by atoms with Crippen LogP contribution in [0.25, 0.3) is 0 Å². The van der Waals surface area contributed by atoms with Gasteiger partial charge in [-0.3, -0.25) is 0 Å². The van der Waals surface area contributed by atoms with Crippen LogP contribution in [0.5, 0.6) is 0 Å². The lowest BCUT2D eigenvalue weighted by atomic mass is 10.2. The molecule has 5 nitrogen and oxygen atoms in total. The Kier molecular flexibility index (Phi) is 3.53. The van der Waals surface area contributed by atoms with Gasteiger partial charge in [-0.2, -0.15) is 0 Å². The number of hydrogen-bond acceptors (Lipinski definition) is 5. The van der Waals surface area contributed by atoms with E-state index >= 15 is 0 Å². The van der Waals surface area contributed by atoms with Crippen LogP contribution in [0.2, 0.25) is 0 Å². The smallest absolute Gasteiger partial charge is 0.212 e. The fraction of sp³-hybridized carbons (Fsp3) is 0.727. The Hall–Kier alpha value is -0.880. The topological polar surface area (TPSA) is 72.2 Å². The fourth-order valence-corrected chi connectivity index (χ4v) is 3.86. The van der Waals surface area contributed by atoms with Crippen LogP contribution in [0.3, 0.4) is 0 Å². The first-order valence-electron chi connectivity index (χ1n) is 5.89. The van der Waals surface area contributed by atoms with Crippen LogP contribution in [0.15, 0.2) is 10.7 Å². The molecule has 0 aromatic carbocycles. The van der Waals surface area contributed by atoms with Crippen LogP contribution in [0, 0.1) is 0 Å². The molecule has 0 spiro atoms. The molecule has 2 unspecified atom stereocenters. The first-order chi connectivity index (χ1) is 8.04. The highest BCUT2D eigenvalue weighted by atomic mass is 32.2. The molecule has 1 fully saturated rings. The molecule has 2 heterocycles. The van der Waals surface area contributed by atoms with E-state index < -0.39 is 15.1 Å². The Morgan fingerprint density at radius 1 is 1.53 bits per heavy atom. The average molecular weight is 258 g/mol. The van der Waals surface area contributed by atoms with Crippen molar-refractivity contribution in [2.45, 2.75) is 37.5 Å². The van der Waals surface area contributed by atoms with Gasteiger partial charge in [-0.1, -0.05) is 6.42 Å². The third-order valence-corrected chi connectivity index (χ3v) is 5.43. The highest BCUT2D eigenvalue weighted by Gasteiger charge is 2.34. The molecule has 1 N–H and O–H groups in total. The van der Waals surface area contributed by atoms with Crippen molar-refractivity contribution in [3.05, 3.63) is 17.8 Å². The molecule has 0 saturated carbocycles. The number of sulfone groups is 1. The monoisotopic (exact) mass is 258 g/mol. The zero-order valence-electron chi connectivity index (χ0n) is 10.1. The summed E-state index contributed by atoms with van der Waals surface area (Å²) in [5.41, 5.74) is 0.753. The van der Waals surface area contributed by atoms with Crippen molar-refractivity contribution >= 4 is 9.84 Å². The Balaban J connectivity index is 2.25. The molecule has 1 aromatic rings. The predicted octanol–water partition coefficient (Wildman–Crippen LogP) is 1.59. The summed E-state index contributed by atoms with van der Waals surface area (Å²) in [6.45, 7) is 1.96. The molecule has 1 aliphatic heterocycles. The molecular weight excluding hydrogens is 240 g/mol. The molecule has 0 bridgehead atoms. The number of aromatic nitrogens is 1. The van der Waals surface area contributed by atoms with Gasteiger partial charge in [0.1, 0.15) is 11.5 Å². The molecule has 0 aliphatic carbocycles. The van der Waals surface area contributed by atoms with E-state index in [1.54, 1.807) is 6.26 Å². The molecule has 1 aliphatic rings. The van der Waals surface area contributed by atoms with Crippen LogP contribution in [0.4, 0.5) is 0 Å². The fourth-order valence-electron chi connectivity index (χ4n) is 2.03. The first-order valence-corrected chi connectivity index (χ1v) is 7.60. The van der Waals surface area contributed by atoms with E-state index in [2.05, 4.69) is 10.3 Å². The van der Waals surface area contributed by atoms with Crippen molar-refractivity contribution in [3.63, 3.8) is 0 Å². The highest BCUT2D eigenvalue weighted by Crippen LogP contribution is 2.33. The van der Waals surface area contributed by atoms with Gasteiger partial charge in [0.2, 0.25) is 5.89 Å². The second kappa shape index (κ2) is 4.78. The molecule has 6 heteroatoms. The van der Waals surface area contributed by atoms with Crippen LogP contribution in [0.1, 0.15) is 49.1 Å². The lowest BCUT2D eigenvalue weighted by Crippen LogP contribution is -2.22. The Morgan fingerprint density at radius 3 is 2.94 bits per heavy atom. The minimum atomic E-state index is -3.07. The van der Waals surface area contributed by atoms with Gasteiger partial charge in [-0.25, -0.2) is 13.4 Å². The summed E-state index contributed by atoms with van der Waals surface area (Å²) in [5, 5.41) is 2.50. The second-order valence-electron chi connectivity index (χ2n) is 4.47. The minimum absolute atomic E-state index is 0.0683. The number of oxazole rings is 1. The molecule has 0 radical (unpaired) electrons. The van der Waals surface area contributed by atoms with Gasteiger partial charge in [0.25, 0.3) is 0 Å². The summed E-state index contributed by atoms with van der Waals surface area (Å²) in [6, 6.07) is 0.0683. The molecule has 0 amide bonds. The van der Waals surface area contributed by atoms with Crippen molar-refractivity contribution < 1.29 is 12.8 Å². The lowest BCUT2D eigenvalue weighted by Gasteiger charge is -2.19.